The summed E-state index contributed by atoms with van der Waals surface area (Å²) < 4.78 is 21.3. The van der Waals surface area contributed by atoms with Crippen LogP contribution >= 0.6 is 0 Å². The maximum absolute atomic E-state index is 10.7. The fourth-order valence-corrected chi connectivity index (χ4v) is 2.41. The van der Waals surface area contributed by atoms with Crippen molar-refractivity contribution in [2.24, 2.45) is 0 Å². The minimum atomic E-state index is -1.08. The third-order valence-electron chi connectivity index (χ3n) is 3.54. The van der Waals surface area contributed by atoms with Crippen LogP contribution < -0.4 is 14.2 Å². The second-order valence-electron chi connectivity index (χ2n) is 5.14. The van der Waals surface area contributed by atoms with Crippen molar-refractivity contribution < 1.29 is 28.6 Å². The summed E-state index contributed by atoms with van der Waals surface area (Å²) in [7, 11) is 3.07. The van der Waals surface area contributed by atoms with E-state index in [1.54, 1.807) is 49.6 Å². The zero-order valence-electron chi connectivity index (χ0n) is 14.1. The fourth-order valence-electron chi connectivity index (χ4n) is 2.41. The van der Waals surface area contributed by atoms with E-state index in [4.69, 9.17) is 23.8 Å². The number of aromatic nitrogens is 2. The summed E-state index contributed by atoms with van der Waals surface area (Å²) in [6.07, 6.45) is 0. The van der Waals surface area contributed by atoms with Gasteiger partial charge in [0.2, 0.25) is 5.82 Å². The molecule has 0 saturated heterocycles. The van der Waals surface area contributed by atoms with Crippen molar-refractivity contribution in [1.82, 2.24) is 10.1 Å². The maximum Gasteiger partial charge on any atom is 0.341 e. The summed E-state index contributed by atoms with van der Waals surface area (Å²) in [5, 5.41) is 12.8. The number of carboxylic acids is 1. The van der Waals surface area contributed by atoms with E-state index in [0.29, 0.717) is 34.2 Å². The lowest BCUT2D eigenvalue weighted by molar-refractivity contribution is -0.139. The predicted octanol–water partition coefficient (Wildman–Crippen LogP) is 2.88. The molecule has 0 fully saturated rings. The molecule has 0 amide bonds. The van der Waals surface area contributed by atoms with Gasteiger partial charge in [-0.25, -0.2) is 4.79 Å². The van der Waals surface area contributed by atoms with Gasteiger partial charge in [-0.05, 0) is 24.3 Å². The summed E-state index contributed by atoms with van der Waals surface area (Å²) in [5.41, 5.74) is 1.10. The smallest absolute Gasteiger partial charge is 0.341 e. The van der Waals surface area contributed by atoms with Crippen LogP contribution in [0.25, 0.3) is 22.8 Å². The lowest BCUT2D eigenvalue weighted by Crippen LogP contribution is -2.09. The van der Waals surface area contributed by atoms with Gasteiger partial charge < -0.3 is 23.8 Å². The molecule has 0 atom stereocenters. The Morgan fingerprint density at radius 3 is 2.50 bits per heavy atom. The summed E-state index contributed by atoms with van der Waals surface area (Å²) in [4.78, 5) is 15.1. The molecule has 1 heterocycles. The first kappa shape index (κ1) is 17.3. The molecule has 0 aliphatic carbocycles. The summed E-state index contributed by atoms with van der Waals surface area (Å²) in [5.74, 6) is 0.795. The highest BCUT2D eigenvalue weighted by atomic mass is 16.5. The van der Waals surface area contributed by atoms with E-state index in [1.807, 2.05) is 0 Å². The van der Waals surface area contributed by atoms with Gasteiger partial charge in [0.1, 0.15) is 5.75 Å². The van der Waals surface area contributed by atoms with E-state index < -0.39 is 12.6 Å². The number of aliphatic carboxylic acids is 1. The van der Waals surface area contributed by atoms with Gasteiger partial charge in [0, 0.05) is 0 Å². The minimum Gasteiger partial charge on any atom is -0.493 e. The molecule has 0 spiro atoms. The molecule has 0 aliphatic rings. The highest BCUT2D eigenvalue weighted by molar-refractivity contribution is 5.72. The van der Waals surface area contributed by atoms with Crippen molar-refractivity contribution in [2.45, 2.75) is 0 Å². The molecule has 134 valence electrons. The topological polar surface area (TPSA) is 104 Å². The Morgan fingerprint density at radius 2 is 1.77 bits per heavy atom. The van der Waals surface area contributed by atoms with Crippen LogP contribution in [0.15, 0.2) is 47.0 Å². The number of carbonyl (C=O) groups is 1. The van der Waals surface area contributed by atoms with Gasteiger partial charge >= 0.3 is 5.97 Å². The van der Waals surface area contributed by atoms with E-state index in [1.165, 1.54) is 7.11 Å². The van der Waals surface area contributed by atoms with Crippen molar-refractivity contribution in [3.05, 3.63) is 42.5 Å². The molecular weight excluding hydrogens is 340 g/mol. The molecule has 1 aromatic heterocycles. The highest BCUT2D eigenvalue weighted by Crippen LogP contribution is 2.37. The van der Waals surface area contributed by atoms with E-state index in [-0.39, 0.29) is 5.89 Å². The second-order valence-corrected chi connectivity index (χ2v) is 5.14. The van der Waals surface area contributed by atoms with Gasteiger partial charge in [-0.2, -0.15) is 4.98 Å². The molecule has 8 nitrogen and oxygen atoms in total. The lowest BCUT2D eigenvalue weighted by atomic mass is 10.1. The minimum absolute atomic E-state index is 0.200. The van der Waals surface area contributed by atoms with Crippen LogP contribution in [0.1, 0.15) is 0 Å². The van der Waals surface area contributed by atoms with Gasteiger partial charge in [0.25, 0.3) is 5.89 Å². The number of methoxy groups -OCH3 is 2. The third-order valence-corrected chi connectivity index (χ3v) is 3.54. The first-order valence-corrected chi connectivity index (χ1v) is 7.63. The molecule has 26 heavy (non-hydrogen) atoms. The predicted molar refractivity (Wildman–Crippen MR) is 91.4 cm³/mol. The number of para-hydroxylation sites is 2. The number of hydrogen-bond acceptors (Lipinski definition) is 7. The molecule has 0 unspecified atom stereocenters. The van der Waals surface area contributed by atoms with Crippen LogP contribution in [0.4, 0.5) is 0 Å². The second kappa shape index (κ2) is 7.56. The van der Waals surface area contributed by atoms with Crippen molar-refractivity contribution in [3.8, 4) is 40.1 Å². The zero-order valence-corrected chi connectivity index (χ0v) is 14.1. The Balaban J connectivity index is 1.98. The van der Waals surface area contributed by atoms with Crippen molar-refractivity contribution in [2.75, 3.05) is 20.8 Å². The molecule has 0 saturated carbocycles. The first-order valence-electron chi connectivity index (χ1n) is 7.63. The Hall–Kier alpha value is -3.55. The van der Waals surface area contributed by atoms with Gasteiger partial charge in [-0.1, -0.05) is 23.4 Å². The Morgan fingerprint density at radius 1 is 1.04 bits per heavy atom. The maximum atomic E-state index is 10.7. The van der Waals surface area contributed by atoms with Crippen LogP contribution in [0.3, 0.4) is 0 Å². The van der Waals surface area contributed by atoms with Crippen molar-refractivity contribution >= 4 is 5.97 Å². The van der Waals surface area contributed by atoms with E-state index >= 15 is 0 Å². The summed E-state index contributed by atoms with van der Waals surface area (Å²) in [6.45, 7) is -0.471. The Kier molecular flexibility index (Phi) is 5.02. The number of carboxylic acid groups (broad SMARTS) is 1. The van der Waals surface area contributed by atoms with Gasteiger partial charge in [0.15, 0.2) is 18.1 Å². The van der Waals surface area contributed by atoms with Gasteiger partial charge in [0.05, 0.1) is 25.3 Å². The molecule has 0 bridgehead atoms. The van der Waals surface area contributed by atoms with E-state index in [9.17, 15) is 4.79 Å². The number of ether oxygens (including phenoxy) is 3. The molecule has 8 heteroatoms. The normalized spacial score (nSPS) is 10.4. The zero-order chi connectivity index (χ0) is 18.5. The molecule has 0 aliphatic heterocycles. The molecule has 3 aromatic rings. The van der Waals surface area contributed by atoms with Crippen LogP contribution in [0, 0.1) is 0 Å². The number of rotatable bonds is 7. The van der Waals surface area contributed by atoms with Crippen molar-refractivity contribution in [1.29, 1.82) is 0 Å². The average molecular weight is 356 g/mol. The largest absolute Gasteiger partial charge is 0.493 e. The highest BCUT2D eigenvalue weighted by Gasteiger charge is 2.19. The molecule has 0 radical (unpaired) electrons. The standard InChI is InChI=1S/C18H16N2O6/c1-23-14-9-5-7-12(16(14)24-2)17-19-18(26-20-17)11-6-3-4-8-13(11)25-10-15(21)22/h3-9H,10H2,1-2H3,(H,21,22). The first-order chi connectivity index (χ1) is 12.6. The summed E-state index contributed by atoms with van der Waals surface area (Å²) in [6, 6.07) is 12.2. The Bertz CT molecular complexity index is 922. The van der Waals surface area contributed by atoms with Gasteiger partial charge in [-0.15, -0.1) is 0 Å². The lowest BCUT2D eigenvalue weighted by Gasteiger charge is -2.09. The average Bonchev–Trinajstić information content (AvgIpc) is 3.15. The molecule has 2 aromatic carbocycles. The summed E-state index contributed by atoms with van der Waals surface area (Å²) >= 11 is 0. The molecule has 1 N–H and O–H groups in total. The van der Waals surface area contributed by atoms with E-state index in [2.05, 4.69) is 10.1 Å². The fraction of sp³-hybridized carbons (Fsp3) is 0.167. The Labute approximate surface area is 148 Å². The quantitative estimate of drug-likeness (QED) is 0.689. The van der Waals surface area contributed by atoms with E-state index in [0.717, 1.165) is 0 Å². The number of hydrogen-bond donors (Lipinski definition) is 1. The molecular formula is C18H16N2O6. The van der Waals surface area contributed by atoms with Gasteiger partial charge in [-0.3, -0.25) is 0 Å². The van der Waals surface area contributed by atoms with Crippen LogP contribution in [-0.4, -0.2) is 42.0 Å². The number of benzene rings is 2. The van der Waals surface area contributed by atoms with Crippen molar-refractivity contribution in [3.63, 3.8) is 0 Å². The monoisotopic (exact) mass is 356 g/mol. The third kappa shape index (κ3) is 3.44. The van der Waals surface area contributed by atoms with Crippen LogP contribution in [0.2, 0.25) is 0 Å². The van der Waals surface area contributed by atoms with Crippen LogP contribution in [0.5, 0.6) is 17.2 Å². The van der Waals surface area contributed by atoms with Crippen LogP contribution in [-0.2, 0) is 4.79 Å². The molecule has 3 rings (SSSR count). The SMILES string of the molecule is COc1cccc(-c2noc(-c3ccccc3OCC(=O)O)n2)c1OC. The number of nitrogens with zero attached hydrogens (tertiary/aromatic N) is 2.